The van der Waals surface area contributed by atoms with Gasteiger partial charge in [0.1, 0.15) is 0 Å². The van der Waals surface area contributed by atoms with Crippen molar-refractivity contribution < 1.29 is 8.42 Å². The maximum atomic E-state index is 12.8. The molecule has 1 aliphatic heterocycles. The zero-order chi connectivity index (χ0) is 19.7. The molecule has 1 saturated heterocycles. The number of thiazole rings is 1. The zero-order valence-electron chi connectivity index (χ0n) is 14.8. The second-order valence-electron chi connectivity index (χ2n) is 6.37. The number of anilines is 1. The fourth-order valence-electron chi connectivity index (χ4n) is 3.04. The molecule has 2 heterocycles. The molecule has 5 nitrogen and oxygen atoms in total. The average molecular weight is 454 g/mol. The Morgan fingerprint density at radius 1 is 0.857 bits per heavy atom. The summed E-state index contributed by atoms with van der Waals surface area (Å²) in [4.78, 5) is 7.10. The van der Waals surface area contributed by atoms with E-state index in [0.29, 0.717) is 36.2 Å². The van der Waals surface area contributed by atoms with Crippen molar-refractivity contribution in [1.82, 2.24) is 9.29 Å². The summed E-state index contributed by atoms with van der Waals surface area (Å²) in [5, 5.41) is 4.12. The summed E-state index contributed by atoms with van der Waals surface area (Å²) in [6.07, 6.45) is 0. The minimum Gasteiger partial charge on any atom is -0.345 e. The molecular weight excluding hydrogens is 437 g/mol. The highest BCUT2D eigenvalue weighted by Gasteiger charge is 2.29. The van der Waals surface area contributed by atoms with Crippen molar-refractivity contribution in [1.29, 1.82) is 0 Å². The Bertz CT molecular complexity index is 1060. The number of halogens is 2. The van der Waals surface area contributed by atoms with Crippen LogP contribution in [0.15, 0.2) is 58.8 Å². The summed E-state index contributed by atoms with van der Waals surface area (Å²) in [6, 6.07) is 13.9. The Hall–Kier alpha value is -1.64. The second-order valence-corrected chi connectivity index (χ2v) is 10.0. The standard InChI is InChI=1S/C19H17Cl2N3O2S2/c20-15-3-1-14(2-4-15)18-13-27-19(22-18)23-9-11-24(12-10-23)28(25,26)17-7-5-16(21)6-8-17/h1-8,13H,9-12H2. The minimum absolute atomic E-state index is 0.268. The van der Waals surface area contributed by atoms with Gasteiger partial charge in [-0.05, 0) is 36.4 Å². The molecule has 1 aliphatic rings. The molecule has 9 heteroatoms. The first-order valence-corrected chi connectivity index (χ1v) is 11.7. The van der Waals surface area contributed by atoms with Gasteiger partial charge in [-0.15, -0.1) is 11.3 Å². The molecule has 0 amide bonds. The molecular formula is C19H17Cl2N3O2S2. The van der Waals surface area contributed by atoms with Crippen LogP contribution in [0.25, 0.3) is 11.3 Å². The number of piperazine rings is 1. The van der Waals surface area contributed by atoms with Gasteiger partial charge in [-0.1, -0.05) is 35.3 Å². The topological polar surface area (TPSA) is 53.5 Å². The maximum Gasteiger partial charge on any atom is 0.243 e. The van der Waals surface area contributed by atoms with Crippen LogP contribution in [0.5, 0.6) is 0 Å². The molecule has 0 radical (unpaired) electrons. The van der Waals surface area contributed by atoms with Crippen molar-refractivity contribution >= 4 is 49.7 Å². The number of nitrogens with zero attached hydrogens (tertiary/aromatic N) is 3. The van der Waals surface area contributed by atoms with Crippen molar-refractivity contribution in [2.24, 2.45) is 0 Å². The highest BCUT2D eigenvalue weighted by molar-refractivity contribution is 7.89. The van der Waals surface area contributed by atoms with E-state index in [1.165, 1.54) is 4.31 Å². The Labute approximate surface area is 178 Å². The van der Waals surface area contributed by atoms with E-state index in [1.54, 1.807) is 35.6 Å². The molecule has 0 N–H and O–H groups in total. The predicted octanol–water partition coefficient (Wildman–Crippen LogP) is 4.63. The highest BCUT2D eigenvalue weighted by atomic mass is 35.5. The van der Waals surface area contributed by atoms with Crippen molar-refractivity contribution in [3.63, 3.8) is 0 Å². The number of aromatic nitrogens is 1. The molecule has 1 fully saturated rings. The van der Waals surface area contributed by atoms with Gasteiger partial charge in [0.25, 0.3) is 0 Å². The quantitative estimate of drug-likeness (QED) is 0.577. The van der Waals surface area contributed by atoms with Crippen LogP contribution < -0.4 is 4.90 Å². The van der Waals surface area contributed by atoms with Crippen LogP contribution in [0.4, 0.5) is 5.13 Å². The second kappa shape index (κ2) is 8.00. The first-order valence-electron chi connectivity index (χ1n) is 8.65. The lowest BCUT2D eigenvalue weighted by atomic mass is 10.2. The fourth-order valence-corrected chi connectivity index (χ4v) is 5.60. The van der Waals surface area contributed by atoms with Crippen molar-refractivity contribution in [3.05, 3.63) is 64.0 Å². The normalized spacial score (nSPS) is 15.7. The van der Waals surface area contributed by atoms with E-state index < -0.39 is 10.0 Å². The SMILES string of the molecule is O=S(=O)(c1ccc(Cl)cc1)N1CCN(c2nc(-c3ccc(Cl)cc3)cs2)CC1. The third-order valence-electron chi connectivity index (χ3n) is 4.59. The average Bonchev–Trinajstić information content (AvgIpc) is 3.19. The monoisotopic (exact) mass is 453 g/mol. The largest absolute Gasteiger partial charge is 0.345 e. The molecule has 0 saturated carbocycles. The summed E-state index contributed by atoms with van der Waals surface area (Å²) in [5.74, 6) is 0. The van der Waals surface area contributed by atoms with Crippen LogP contribution in [-0.4, -0.2) is 43.9 Å². The van der Waals surface area contributed by atoms with Gasteiger partial charge >= 0.3 is 0 Å². The van der Waals surface area contributed by atoms with Gasteiger partial charge in [0.15, 0.2) is 5.13 Å². The molecule has 0 atom stereocenters. The Kier molecular flexibility index (Phi) is 5.62. The first kappa shape index (κ1) is 19.7. The highest BCUT2D eigenvalue weighted by Crippen LogP contribution is 2.29. The van der Waals surface area contributed by atoms with E-state index in [-0.39, 0.29) is 4.90 Å². The molecule has 28 heavy (non-hydrogen) atoms. The van der Waals surface area contributed by atoms with Gasteiger partial charge in [0.05, 0.1) is 10.6 Å². The smallest absolute Gasteiger partial charge is 0.243 e. The molecule has 0 unspecified atom stereocenters. The van der Waals surface area contributed by atoms with Gasteiger partial charge in [0.2, 0.25) is 10.0 Å². The Balaban J connectivity index is 1.44. The molecule has 0 spiro atoms. The molecule has 3 aromatic rings. The van der Waals surface area contributed by atoms with Crippen LogP contribution in [-0.2, 0) is 10.0 Å². The molecule has 2 aromatic carbocycles. The van der Waals surface area contributed by atoms with Gasteiger partial charge in [-0.2, -0.15) is 4.31 Å². The number of hydrogen-bond acceptors (Lipinski definition) is 5. The fraction of sp³-hybridized carbons (Fsp3) is 0.211. The summed E-state index contributed by atoms with van der Waals surface area (Å²) < 4.78 is 27.1. The van der Waals surface area contributed by atoms with Gasteiger partial charge in [-0.25, -0.2) is 13.4 Å². The molecule has 0 bridgehead atoms. The summed E-state index contributed by atoms with van der Waals surface area (Å²) >= 11 is 13.4. The van der Waals surface area contributed by atoms with Crippen LogP contribution in [0.3, 0.4) is 0 Å². The number of hydrogen-bond donors (Lipinski definition) is 0. The molecule has 1 aromatic heterocycles. The van der Waals surface area contributed by atoms with E-state index in [1.807, 2.05) is 29.6 Å². The summed E-state index contributed by atoms with van der Waals surface area (Å²) in [6.45, 7) is 2.03. The number of rotatable bonds is 4. The van der Waals surface area contributed by atoms with E-state index in [2.05, 4.69) is 4.90 Å². The number of sulfonamides is 1. The molecule has 0 aliphatic carbocycles. The number of benzene rings is 2. The first-order chi connectivity index (χ1) is 13.4. The Morgan fingerprint density at radius 2 is 1.43 bits per heavy atom. The molecule has 146 valence electrons. The minimum atomic E-state index is -3.51. The third-order valence-corrected chi connectivity index (χ3v) is 7.91. The van der Waals surface area contributed by atoms with Crippen molar-refractivity contribution in [2.75, 3.05) is 31.1 Å². The van der Waals surface area contributed by atoms with Crippen molar-refractivity contribution in [3.8, 4) is 11.3 Å². The van der Waals surface area contributed by atoms with E-state index in [9.17, 15) is 8.42 Å². The predicted molar refractivity (Wildman–Crippen MR) is 115 cm³/mol. The van der Waals surface area contributed by atoms with Gasteiger partial charge in [-0.3, -0.25) is 0 Å². The lowest BCUT2D eigenvalue weighted by Gasteiger charge is -2.33. The third kappa shape index (κ3) is 4.04. The van der Waals surface area contributed by atoms with E-state index >= 15 is 0 Å². The maximum absolute atomic E-state index is 12.8. The van der Waals surface area contributed by atoms with Gasteiger partial charge in [0, 0.05) is 47.2 Å². The van der Waals surface area contributed by atoms with E-state index in [0.717, 1.165) is 16.4 Å². The van der Waals surface area contributed by atoms with Gasteiger partial charge < -0.3 is 4.90 Å². The van der Waals surface area contributed by atoms with Crippen LogP contribution in [0.1, 0.15) is 0 Å². The lowest BCUT2D eigenvalue weighted by molar-refractivity contribution is 0.385. The van der Waals surface area contributed by atoms with Crippen LogP contribution in [0, 0.1) is 0 Å². The van der Waals surface area contributed by atoms with Crippen molar-refractivity contribution in [2.45, 2.75) is 4.90 Å². The van der Waals surface area contributed by atoms with Crippen LogP contribution in [0.2, 0.25) is 10.0 Å². The molecule has 4 rings (SSSR count). The summed E-state index contributed by atoms with van der Waals surface area (Å²) in [7, 11) is -3.51. The van der Waals surface area contributed by atoms with Crippen LogP contribution >= 0.6 is 34.5 Å². The summed E-state index contributed by atoms with van der Waals surface area (Å²) in [5.41, 5.74) is 1.91. The van der Waals surface area contributed by atoms with E-state index in [4.69, 9.17) is 28.2 Å². The lowest BCUT2D eigenvalue weighted by Crippen LogP contribution is -2.48. The zero-order valence-corrected chi connectivity index (χ0v) is 17.9. The Morgan fingerprint density at radius 3 is 2.04 bits per heavy atom.